The average Bonchev–Trinajstić information content (AvgIpc) is 2.76. The Kier molecular flexibility index (Phi) is 4.19. The number of fused-ring (bicyclic) bond motifs is 1. The lowest BCUT2D eigenvalue weighted by molar-refractivity contribution is 0.288. The Labute approximate surface area is 115 Å². The minimum Gasteiger partial charge on any atom is -0.396 e. The highest BCUT2D eigenvalue weighted by atomic mass is 79.9. The normalized spacial score (nSPS) is 11.4. The number of imidazole rings is 1. The third-order valence-electron chi connectivity index (χ3n) is 2.78. The van der Waals surface area contributed by atoms with Gasteiger partial charge in [-0.2, -0.15) is 0 Å². The molecule has 0 bridgehead atoms. The fourth-order valence-corrected chi connectivity index (χ4v) is 2.32. The average molecular weight is 313 g/mol. The first kappa shape index (κ1) is 13.3. The van der Waals surface area contributed by atoms with Crippen LogP contribution in [-0.2, 0) is 0 Å². The molecular formula is C12H17BrN4O. The molecule has 2 rings (SSSR count). The zero-order valence-electron chi connectivity index (χ0n) is 10.5. The van der Waals surface area contributed by atoms with Gasteiger partial charge >= 0.3 is 0 Å². The Morgan fingerprint density at radius 2 is 2.28 bits per heavy atom. The quantitative estimate of drug-likeness (QED) is 0.918. The van der Waals surface area contributed by atoms with Gasteiger partial charge in [0.25, 0.3) is 0 Å². The van der Waals surface area contributed by atoms with Crippen molar-refractivity contribution in [1.82, 2.24) is 14.4 Å². The van der Waals surface area contributed by atoms with Gasteiger partial charge in [-0.1, -0.05) is 0 Å². The smallest absolute Gasteiger partial charge is 0.180 e. The number of aliphatic hydroxyl groups is 1. The molecule has 0 unspecified atom stereocenters. The fourth-order valence-electron chi connectivity index (χ4n) is 1.93. The lowest BCUT2D eigenvalue weighted by Gasteiger charge is -2.27. The lowest BCUT2D eigenvalue weighted by Crippen LogP contribution is -2.33. The van der Waals surface area contributed by atoms with Crippen LogP contribution in [0.25, 0.3) is 5.65 Å². The molecule has 2 aromatic heterocycles. The van der Waals surface area contributed by atoms with Gasteiger partial charge < -0.3 is 14.4 Å². The van der Waals surface area contributed by atoms with Crippen LogP contribution in [0.5, 0.6) is 0 Å². The van der Waals surface area contributed by atoms with Gasteiger partial charge in [-0.25, -0.2) is 9.97 Å². The number of aromatic nitrogens is 3. The van der Waals surface area contributed by atoms with Gasteiger partial charge in [-0.15, -0.1) is 0 Å². The predicted octanol–water partition coefficient (Wildman–Crippen LogP) is 2.09. The summed E-state index contributed by atoms with van der Waals surface area (Å²) in [6.07, 6.45) is 6.27. The maximum absolute atomic E-state index is 8.99. The summed E-state index contributed by atoms with van der Waals surface area (Å²) in [4.78, 5) is 11.0. The van der Waals surface area contributed by atoms with Gasteiger partial charge in [0.1, 0.15) is 4.60 Å². The molecule has 0 spiro atoms. The Bertz CT molecular complexity index is 526. The van der Waals surface area contributed by atoms with E-state index in [0.29, 0.717) is 6.04 Å². The topological polar surface area (TPSA) is 53.7 Å². The summed E-state index contributed by atoms with van der Waals surface area (Å²) in [5, 5.41) is 8.99. The predicted molar refractivity (Wildman–Crippen MR) is 74.9 cm³/mol. The van der Waals surface area contributed by atoms with Crippen LogP contribution in [0.1, 0.15) is 20.3 Å². The molecule has 18 heavy (non-hydrogen) atoms. The molecular weight excluding hydrogens is 296 g/mol. The first-order valence-electron chi connectivity index (χ1n) is 6.00. The third kappa shape index (κ3) is 2.64. The van der Waals surface area contributed by atoms with Crippen molar-refractivity contribution in [3.8, 4) is 0 Å². The Hall–Kier alpha value is -1.14. The van der Waals surface area contributed by atoms with Gasteiger partial charge in [-0.05, 0) is 36.2 Å². The molecule has 5 nitrogen and oxygen atoms in total. The Morgan fingerprint density at radius 1 is 1.50 bits per heavy atom. The van der Waals surface area contributed by atoms with E-state index in [2.05, 4.69) is 44.6 Å². The monoisotopic (exact) mass is 312 g/mol. The zero-order valence-corrected chi connectivity index (χ0v) is 12.1. The van der Waals surface area contributed by atoms with Crippen molar-refractivity contribution in [2.24, 2.45) is 0 Å². The molecule has 0 saturated heterocycles. The summed E-state index contributed by atoms with van der Waals surface area (Å²) in [5.41, 5.74) is 0.838. The van der Waals surface area contributed by atoms with Crippen molar-refractivity contribution in [1.29, 1.82) is 0 Å². The molecule has 2 heterocycles. The summed E-state index contributed by atoms with van der Waals surface area (Å²) in [7, 11) is 0. The second kappa shape index (κ2) is 5.67. The molecule has 2 aromatic rings. The summed E-state index contributed by atoms with van der Waals surface area (Å²) in [6.45, 7) is 5.17. The molecule has 0 aliphatic rings. The standard InChI is InChI=1S/C12H17BrN4O/c1-9(2)17(5-3-7-18)12-11-14-4-6-16(11)8-10(13)15-12/h4,6,8-9,18H,3,5,7H2,1-2H3. The summed E-state index contributed by atoms with van der Waals surface area (Å²) >= 11 is 3.42. The first-order valence-corrected chi connectivity index (χ1v) is 6.79. The van der Waals surface area contributed by atoms with Crippen LogP contribution in [0.3, 0.4) is 0 Å². The van der Waals surface area contributed by atoms with Gasteiger partial charge in [-0.3, -0.25) is 0 Å². The highest BCUT2D eigenvalue weighted by molar-refractivity contribution is 9.10. The molecule has 0 atom stereocenters. The van der Waals surface area contributed by atoms with E-state index < -0.39 is 0 Å². The second-order valence-corrected chi connectivity index (χ2v) is 5.22. The number of aliphatic hydroxyl groups excluding tert-OH is 1. The third-order valence-corrected chi connectivity index (χ3v) is 3.16. The molecule has 98 valence electrons. The van der Waals surface area contributed by atoms with Crippen molar-refractivity contribution in [2.45, 2.75) is 26.3 Å². The van der Waals surface area contributed by atoms with E-state index in [1.807, 2.05) is 16.8 Å². The number of rotatable bonds is 5. The van der Waals surface area contributed by atoms with E-state index in [4.69, 9.17) is 5.11 Å². The molecule has 0 saturated carbocycles. The van der Waals surface area contributed by atoms with Crippen LogP contribution in [-0.4, -0.2) is 38.7 Å². The Balaban J connectivity index is 2.45. The van der Waals surface area contributed by atoms with Gasteiger partial charge in [0.05, 0.1) is 0 Å². The summed E-state index contributed by atoms with van der Waals surface area (Å²) in [6, 6.07) is 0.304. The van der Waals surface area contributed by atoms with E-state index in [1.165, 1.54) is 0 Å². The molecule has 1 N–H and O–H groups in total. The highest BCUT2D eigenvalue weighted by Gasteiger charge is 2.16. The molecule has 0 aromatic carbocycles. The SMILES string of the molecule is CC(C)N(CCCO)c1nc(Br)cn2ccnc12. The molecule has 0 amide bonds. The van der Waals surface area contributed by atoms with Crippen LogP contribution in [0.2, 0.25) is 0 Å². The molecule has 0 aliphatic carbocycles. The number of nitrogens with zero attached hydrogens (tertiary/aromatic N) is 4. The van der Waals surface area contributed by atoms with E-state index >= 15 is 0 Å². The van der Waals surface area contributed by atoms with Gasteiger partial charge in [0, 0.05) is 37.8 Å². The van der Waals surface area contributed by atoms with Crippen molar-refractivity contribution < 1.29 is 5.11 Å². The van der Waals surface area contributed by atoms with Gasteiger partial charge in [0.2, 0.25) is 0 Å². The van der Waals surface area contributed by atoms with Crippen molar-refractivity contribution in [2.75, 3.05) is 18.1 Å². The minimum atomic E-state index is 0.182. The zero-order chi connectivity index (χ0) is 13.1. The number of hydrogen-bond donors (Lipinski definition) is 1. The fraction of sp³-hybridized carbons (Fsp3) is 0.500. The van der Waals surface area contributed by atoms with Crippen molar-refractivity contribution in [3.05, 3.63) is 23.2 Å². The van der Waals surface area contributed by atoms with Crippen LogP contribution < -0.4 is 4.90 Å². The van der Waals surface area contributed by atoms with Crippen LogP contribution >= 0.6 is 15.9 Å². The summed E-state index contributed by atoms with van der Waals surface area (Å²) in [5.74, 6) is 0.845. The summed E-state index contributed by atoms with van der Waals surface area (Å²) < 4.78 is 2.72. The van der Waals surface area contributed by atoms with Crippen molar-refractivity contribution in [3.63, 3.8) is 0 Å². The maximum atomic E-state index is 8.99. The van der Waals surface area contributed by atoms with Crippen LogP contribution in [0.4, 0.5) is 5.82 Å². The number of hydrogen-bond acceptors (Lipinski definition) is 4. The molecule has 6 heteroatoms. The first-order chi connectivity index (χ1) is 8.63. The lowest BCUT2D eigenvalue weighted by atomic mass is 10.3. The van der Waals surface area contributed by atoms with E-state index in [9.17, 15) is 0 Å². The van der Waals surface area contributed by atoms with Crippen LogP contribution in [0.15, 0.2) is 23.2 Å². The minimum absolute atomic E-state index is 0.182. The molecule has 0 radical (unpaired) electrons. The van der Waals surface area contributed by atoms with Crippen LogP contribution in [0, 0.1) is 0 Å². The highest BCUT2D eigenvalue weighted by Crippen LogP contribution is 2.22. The Morgan fingerprint density at radius 3 is 2.94 bits per heavy atom. The van der Waals surface area contributed by atoms with Gasteiger partial charge in [0.15, 0.2) is 11.5 Å². The van der Waals surface area contributed by atoms with E-state index in [-0.39, 0.29) is 6.61 Å². The molecule has 0 fully saturated rings. The van der Waals surface area contributed by atoms with E-state index in [1.54, 1.807) is 6.20 Å². The maximum Gasteiger partial charge on any atom is 0.180 e. The second-order valence-electron chi connectivity index (χ2n) is 4.41. The number of anilines is 1. The van der Waals surface area contributed by atoms with Crippen molar-refractivity contribution >= 4 is 27.4 Å². The van der Waals surface area contributed by atoms with E-state index in [0.717, 1.165) is 29.0 Å². The largest absolute Gasteiger partial charge is 0.396 e. The number of halogens is 1. The molecule has 0 aliphatic heterocycles.